The Kier molecular flexibility index (Phi) is 4.79. The summed E-state index contributed by atoms with van der Waals surface area (Å²) in [5.41, 5.74) is 2.09. The van der Waals surface area contributed by atoms with E-state index in [0.29, 0.717) is 19.0 Å². The highest BCUT2D eigenvalue weighted by atomic mass is 16.5. The third kappa shape index (κ3) is 3.63. The molecule has 0 bridgehead atoms. The van der Waals surface area contributed by atoms with Crippen molar-refractivity contribution in [3.8, 4) is 11.6 Å². The second-order valence-electron chi connectivity index (χ2n) is 5.78. The Hall–Kier alpha value is -2.11. The smallest absolute Gasteiger partial charge is 0.213 e. The van der Waals surface area contributed by atoms with Gasteiger partial charge in [-0.2, -0.15) is 0 Å². The van der Waals surface area contributed by atoms with E-state index in [4.69, 9.17) is 9.47 Å². The van der Waals surface area contributed by atoms with Crippen LogP contribution in [0.1, 0.15) is 23.7 Å². The number of methoxy groups -OCH3 is 2. The Labute approximate surface area is 136 Å². The number of hydrogen-bond acceptors (Lipinski definition) is 5. The molecule has 3 rings (SSSR count). The van der Waals surface area contributed by atoms with Crippen molar-refractivity contribution in [3.05, 3.63) is 53.7 Å². The summed E-state index contributed by atoms with van der Waals surface area (Å²) >= 11 is 0. The fraction of sp³-hybridized carbons (Fsp3) is 0.389. The van der Waals surface area contributed by atoms with Crippen LogP contribution in [0.3, 0.4) is 0 Å². The third-order valence-electron chi connectivity index (χ3n) is 4.22. The number of ether oxygens (including phenoxy) is 2. The molecule has 1 aromatic heterocycles. The summed E-state index contributed by atoms with van der Waals surface area (Å²) in [7, 11) is 3.28. The highest BCUT2D eigenvalue weighted by Gasteiger charge is 2.32. The van der Waals surface area contributed by atoms with Crippen LogP contribution < -0.4 is 9.47 Å². The van der Waals surface area contributed by atoms with Gasteiger partial charge in [0.2, 0.25) is 5.88 Å². The van der Waals surface area contributed by atoms with Crippen LogP contribution in [0, 0.1) is 0 Å². The van der Waals surface area contributed by atoms with Crippen LogP contribution in [0.25, 0.3) is 0 Å². The lowest BCUT2D eigenvalue weighted by molar-refractivity contribution is 0.172. The molecule has 0 aliphatic carbocycles. The number of β-amino-alcohol motifs (C(OH)–C–C–N with tert-alkyl or cyclic N) is 1. The fourth-order valence-corrected chi connectivity index (χ4v) is 3.12. The number of rotatable bonds is 5. The zero-order valence-corrected chi connectivity index (χ0v) is 13.5. The highest BCUT2D eigenvalue weighted by molar-refractivity contribution is 5.31. The Balaban J connectivity index is 1.81. The number of likely N-dealkylation sites (tertiary alicyclic amines) is 1. The maximum absolute atomic E-state index is 10.1. The van der Waals surface area contributed by atoms with Gasteiger partial charge >= 0.3 is 0 Å². The van der Waals surface area contributed by atoms with E-state index in [-0.39, 0.29) is 12.1 Å². The van der Waals surface area contributed by atoms with E-state index < -0.39 is 0 Å². The Morgan fingerprint density at radius 2 is 2.00 bits per heavy atom. The first kappa shape index (κ1) is 15.8. The van der Waals surface area contributed by atoms with Crippen LogP contribution >= 0.6 is 0 Å². The Morgan fingerprint density at radius 3 is 2.78 bits per heavy atom. The minimum absolute atomic E-state index is 0.160. The van der Waals surface area contributed by atoms with Gasteiger partial charge in [-0.25, -0.2) is 4.98 Å². The highest BCUT2D eigenvalue weighted by Crippen LogP contribution is 2.34. The van der Waals surface area contributed by atoms with Crippen LogP contribution in [0.2, 0.25) is 0 Å². The molecule has 2 aromatic rings. The second-order valence-corrected chi connectivity index (χ2v) is 5.78. The molecular weight excluding hydrogens is 292 g/mol. The van der Waals surface area contributed by atoms with Gasteiger partial charge in [-0.3, -0.25) is 4.90 Å². The molecule has 0 spiro atoms. The molecule has 23 heavy (non-hydrogen) atoms. The van der Waals surface area contributed by atoms with E-state index in [9.17, 15) is 5.11 Å². The fourth-order valence-electron chi connectivity index (χ4n) is 3.12. The van der Waals surface area contributed by atoms with Gasteiger partial charge in [0.05, 0.1) is 26.0 Å². The van der Waals surface area contributed by atoms with Gasteiger partial charge in [-0.05, 0) is 30.2 Å². The van der Waals surface area contributed by atoms with Gasteiger partial charge in [0.15, 0.2) is 0 Å². The number of aromatic nitrogens is 1. The number of aliphatic hydroxyl groups excluding tert-OH is 1. The standard InChI is InChI=1S/C18H22N2O3/c1-22-16-7-3-5-13(9-16)17-10-15(21)12-20(17)11-14-6-4-8-18(19-14)23-2/h3-9,15,17,21H,10-12H2,1-2H3/t15-,17+/m1/s1. The van der Waals surface area contributed by atoms with Crippen molar-refractivity contribution in [1.82, 2.24) is 9.88 Å². The summed E-state index contributed by atoms with van der Waals surface area (Å²) in [6, 6.07) is 14.0. The zero-order valence-electron chi connectivity index (χ0n) is 13.5. The summed E-state index contributed by atoms with van der Waals surface area (Å²) < 4.78 is 10.5. The van der Waals surface area contributed by atoms with Crippen LogP contribution in [0.5, 0.6) is 11.6 Å². The van der Waals surface area contributed by atoms with Crippen molar-refractivity contribution in [2.75, 3.05) is 20.8 Å². The minimum Gasteiger partial charge on any atom is -0.497 e. The molecule has 0 unspecified atom stereocenters. The van der Waals surface area contributed by atoms with Gasteiger partial charge < -0.3 is 14.6 Å². The summed E-state index contributed by atoms with van der Waals surface area (Å²) in [6.07, 6.45) is 0.397. The lowest BCUT2D eigenvalue weighted by Gasteiger charge is -2.24. The number of benzene rings is 1. The van der Waals surface area contributed by atoms with Crippen molar-refractivity contribution in [3.63, 3.8) is 0 Å². The van der Waals surface area contributed by atoms with E-state index in [1.165, 1.54) is 0 Å². The quantitative estimate of drug-likeness (QED) is 0.918. The molecule has 122 valence electrons. The van der Waals surface area contributed by atoms with Gasteiger partial charge in [0.1, 0.15) is 5.75 Å². The molecule has 5 nitrogen and oxygen atoms in total. The van der Waals surface area contributed by atoms with Crippen molar-refractivity contribution in [2.24, 2.45) is 0 Å². The molecule has 5 heteroatoms. The van der Waals surface area contributed by atoms with E-state index >= 15 is 0 Å². The first-order valence-corrected chi connectivity index (χ1v) is 7.75. The molecule has 1 saturated heterocycles. The minimum atomic E-state index is -0.322. The monoisotopic (exact) mass is 314 g/mol. The third-order valence-corrected chi connectivity index (χ3v) is 4.22. The normalized spacial score (nSPS) is 21.3. The first-order chi connectivity index (χ1) is 11.2. The summed E-state index contributed by atoms with van der Waals surface area (Å²) in [5.74, 6) is 1.45. The average molecular weight is 314 g/mol. The van der Waals surface area contributed by atoms with Crippen molar-refractivity contribution < 1.29 is 14.6 Å². The number of nitrogens with zero attached hydrogens (tertiary/aromatic N) is 2. The van der Waals surface area contributed by atoms with E-state index in [2.05, 4.69) is 16.0 Å². The predicted molar refractivity (Wildman–Crippen MR) is 87.6 cm³/mol. The van der Waals surface area contributed by atoms with Crippen molar-refractivity contribution >= 4 is 0 Å². The Bertz CT molecular complexity index is 662. The van der Waals surface area contributed by atoms with E-state index in [0.717, 1.165) is 23.4 Å². The average Bonchev–Trinajstić information content (AvgIpc) is 2.95. The van der Waals surface area contributed by atoms with Gasteiger partial charge in [0.25, 0.3) is 0 Å². The van der Waals surface area contributed by atoms with E-state index in [1.54, 1.807) is 14.2 Å². The van der Waals surface area contributed by atoms with Gasteiger partial charge in [-0.1, -0.05) is 18.2 Å². The van der Waals surface area contributed by atoms with Crippen LogP contribution in [-0.4, -0.2) is 41.9 Å². The predicted octanol–water partition coefficient (Wildman–Crippen LogP) is 2.41. The second kappa shape index (κ2) is 6.98. The van der Waals surface area contributed by atoms with Crippen LogP contribution in [0.15, 0.2) is 42.5 Å². The SMILES string of the molecule is COc1cccc([C@@H]2C[C@@H](O)CN2Cc2cccc(OC)n2)c1. The van der Waals surface area contributed by atoms with Crippen LogP contribution in [0.4, 0.5) is 0 Å². The maximum atomic E-state index is 10.1. The summed E-state index contributed by atoms with van der Waals surface area (Å²) in [5, 5.41) is 10.1. The van der Waals surface area contributed by atoms with Crippen molar-refractivity contribution in [2.45, 2.75) is 25.1 Å². The molecule has 1 aromatic carbocycles. The molecule has 1 aliphatic heterocycles. The van der Waals surface area contributed by atoms with Crippen LogP contribution in [-0.2, 0) is 6.54 Å². The maximum Gasteiger partial charge on any atom is 0.213 e. The number of hydrogen-bond donors (Lipinski definition) is 1. The molecule has 2 atom stereocenters. The number of aliphatic hydroxyl groups is 1. The largest absolute Gasteiger partial charge is 0.497 e. The lowest BCUT2D eigenvalue weighted by atomic mass is 10.0. The molecule has 1 N–H and O–H groups in total. The summed E-state index contributed by atoms with van der Waals surface area (Å²) in [4.78, 5) is 6.72. The molecule has 1 aliphatic rings. The number of pyridine rings is 1. The Morgan fingerprint density at radius 1 is 1.17 bits per heavy atom. The van der Waals surface area contributed by atoms with Gasteiger partial charge in [0, 0.05) is 25.2 Å². The van der Waals surface area contributed by atoms with E-state index in [1.807, 2.05) is 36.4 Å². The first-order valence-electron chi connectivity index (χ1n) is 7.75. The molecule has 1 fully saturated rings. The summed E-state index contributed by atoms with van der Waals surface area (Å²) in [6.45, 7) is 1.32. The molecule has 2 heterocycles. The van der Waals surface area contributed by atoms with Crippen molar-refractivity contribution in [1.29, 1.82) is 0 Å². The van der Waals surface area contributed by atoms with Gasteiger partial charge in [-0.15, -0.1) is 0 Å². The molecule has 0 saturated carbocycles. The molecule has 0 radical (unpaired) electrons. The molecular formula is C18H22N2O3. The zero-order chi connectivity index (χ0) is 16.2. The topological polar surface area (TPSA) is 54.8 Å². The lowest BCUT2D eigenvalue weighted by Crippen LogP contribution is -2.24. The molecule has 0 amide bonds.